The number of carbonyl (C=O) groups is 4. The summed E-state index contributed by atoms with van der Waals surface area (Å²) >= 11 is 0. The van der Waals surface area contributed by atoms with Crippen LogP contribution in [-0.4, -0.2) is 75.1 Å². The van der Waals surface area contributed by atoms with Gasteiger partial charge in [0.05, 0.1) is 38.6 Å². The Morgan fingerprint density at radius 3 is 1.37 bits per heavy atom. The third-order valence-electron chi connectivity index (χ3n) is 11.8. The number of allylic oxidation sites excluding steroid dienone is 2. The maximum atomic E-state index is 14.0. The molecule has 6 rings (SSSR count). The van der Waals surface area contributed by atoms with Crippen LogP contribution in [0.2, 0.25) is 0 Å². The van der Waals surface area contributed by atoms with Crippen molar-refractivity contribution in [1.29, 1.82) is 0 Å². The number of hydrogen-bond acceptors (Lipinski definition) is 12. The summed E-state index contributed by atoms with van der Waals surface area (Å²) in [6, 6.07) is 27.6. The number of halogens is 10. The lowest BCUT2D eigenvalue weighted by molar-refractivity contribution is -0.284. The molecule has 0 radical (unpaired) electrons. The Kier molecular flexibility index (Phi) is 18.9. The van der Waals surface area contributed by atoms with Crippen LogP contribution < -0.4 is 39.9 Å². The Bertz CT molecular complexity index is 3250. The van der Waals surface area contributed by atoms with E-state index in [-0.39, 0.29) is 62.4 Å². The Labute approximate surface area is 445 Å². The average molecular weight is 1110 g/mol. The summed E-state index contributed by atoms with van der Waals surface area (Å²) < 4.78 is 160. The molecule has 0 aliphatic rings. The van der Waals surface area contributed by atoms with Gasteiger partial charge in [0.25, 0.3) is 0 Å². The number of nitrogens with two attached hydrogens (primary N) is 2. The number of benzene rings is 6. The first-order chi connectivity index (χ1) is 37.2. The van der Waals surface area contributed by atoms with Crippen LogP contribution in [0.4, 0.5) is 55.3 Å². The molecule has 0 fully saturated rings. The number of ketones is 2. The monoisotopic (exact) mass is 1110 g/mol. The van der Waals surface area contributed by atoms with Crippen molar-refractivity contribution in [2.75, 3.05) is 38.9 Å². The highest BCUT2D eigenvalue weighted by Gasteiger charge is 2.57. The van der Waals surface area contributed by atoms with E-state index in [2.05, 4.69) is 0 Å². The Morgan fingerprint density at radius 2 is 0.937 bits per heavy atom. The number of hydrogen-bond donors (Lipinski definition) is 2. The quantitative estimate of drug-likeness (QED) is 0.0118. The minimum atomic E-state index is -5.69. The lowest BCUT2D eigenvalue weighted by atomic mass is 9.88. The summed E-state index contributed by atoms with van der Waals surface area (Å²) in [6.07, 6.45) is -9.95. The van der Waals surface area contributed by atoms with Gasteiger partial charge in [0.1, 0.15) is 11.5 Å². The van der Waals surface area contributed by atoms with E-state index >= 15 is 0 Å². The maximum absolute atomic E-state index is 14.0. The van der Waals surface area contributed by atoms with Crippen molar-refractivity contribution in [3.8, 4) is 45.6 Å². The van der Waals surface area contributed by atoms with E-state index in [0.29, 0.717) is 33.5 Å². The zero-order valence-corrected chi connectivity index (χ0v) is 42.0. The minimum Gasteiger partial charge on any atom is -0.493 e. The smallest absolute Gasteiger partial charge is 0.453 e. The van der Waals surface area contributed by atoms with Crippen molar-refractivity contribution in [1.82, 2.24) is 0 Å². The van der Waals surface area contributed by atoms with Crippen molar-refractivity contribution in [3.63, 3.8) is 0 Å². The van der Waals surface area contributed by atoms with E-state index in [1.54, 1.807) is 55.5 Å². The standard InChI is InChI=1S/C57H48F10N2O10/c1-33-44(69)21-20-42(51(33)46(71)23-11-35-8-17-40(18-9-35)79-53(73)37-13-25-48(50(31-37)75-3)77-29-5-27-55(60,61)57(65,66)67)41-19-14-38(68)32-43(41)45(70)22-10-34-6-15-39(16-7-34)78-52(72)36-12-24-47(49(30-36)74-2)76-28-4-26-54(58,59)56(62,63)64/h6-25,30-32H,4-5,26-29,68-69H2,1-3H3/b22-10+,23-11+. The molecular weight excluding hydrogens is 1060 g/mol. The van der Waals surface area contributed by atoms with Crippen molar-refractivity contribution in [2.24, 2.45) is 0 Å². The second kappa shape index (κ2) is 25.1. The van der Waals surface area contributed by atoms with Crippen LogP contribution in [0, 0.1) is 6.92 Å². The Balaban J connectivity index is 1.08. The van der Waals surface area contributed by atoms with Gasteiger partial charge in [-0.05, 0) is 139 Å². The van der Waals surface area contributed by atoms with Crippen LogP contribution in [-0.2, 0) is 0 Å². The topological polar surface area (TPSA) is 176 Å². The fraction of sp³-hybridized carbons (Fsp3) is 0.228. The molecule has 0 aliphatic heterocycles. The highest BCUT2D eigenvalue weighted by molar-refractivity contribution is 6.16. The van der Waals surface area contributed by atoms with Crippen molar-refractivity contribution >= 4 is 47.0 Å². The molecule has 22 heteroatoms. The molecule has 6 aromatic rings. The summed E-state index contributed by atoms with van der Waals surface area (Å²) in [7, 11) is 2.48. The third-order valence-corrected chi connectivity index (χ3v) is 11.8. The number of carbonyl (C=O) groups excluding carboxylic acids is 4. The van der Waals surface area contributed by atoms with E-state index in [4.69, 9.17) is 39.9 Å². The largest absolute Gasteiger partial charge is 0.493 e. The lowest BCUT2D eigenvalue weighted by Gasteiger charge is -2.19. The van der Waals surface area contributed by atoms with E-state index in [9.17, 15) is 63.1 Å². The first-order valence-electron chi connectivity index (χ1n) is 23.6. The highest BCUT2D eigenvalue weighted by Crippen LogP contribution is 2.41. The van der Waals surface area contributed by atoms with Crippen molar-refractivity contribution in [2.45, 2.75) is 56.8 Å². The molecule has 0 saturated heterocycles. The van der Waals surface area contributed by atoms with E-state index in [0.717, 1.165) is 0 Å². The van der Waals surface area contributed by atoms with Gasteiger partial charge < -0.3 is 39.9 Å². The average Bonchev–Trinajstić information content (AvgIpc) is 3.51. The molecule has 0 heterocycles. The number of esters is 2. The number of methoxy groups -OCH3 is 2. The van der Waals surface area contributed by atoms with Gasteiger partial charge in [-0.25, -0.2) is 9.59 Å². The Morgan fingerprint density at radius 1 is 0.506 bits per heavy atom. The highest BCUT2D eigenvalue weighted by atomic mass is 19.4. The number of rotatable bonds is 23. The fourth-order valence-electron chi connectivity index (χ4n) is 7.48. The van der Waals surface area contributed by atoms with Gasteiger partial charge in [0.2, 0.25) is 0 Å². The van der Waals surface area contributed by atoms with Crippen molar-refractivity contribution in [3.05, 3.63) is 166 Å². The van der Waals surface area contributed by atoms with E-state index < -0.39 is 86.6 Å². The molecule has 0 atom stereocenters. The molecule has 0 spiro atoms. The molecule has 0 aliphatic carbocycles. The van der Waals surface area contributed by atoms with Crippen LogP contribution >= 0.6 is 0 Å². The first kappa shape index (κ1) is 59.4. The summed E-state index contributed by atoms with van der Waals surface area (Å²) in [6.45, 7) is 0.683. The SMILES string of the molecule is COc1cc(C(=O)Oc2ccc(/C=C/C(=O)c3cc(N)ccc3-c3ccc(N)c(C)c3C(=O)/C=C/c3ccc(OC(=O)c4ccc(OCCCC(F)(F)C(F)(F)F)c(OC)c4)cc3)cc2)ccc1OCCCC(F)(F)C(F)(F)F. The third kappa shape index (κ3) is 15.2. The number of nitrogen functional groups attached to an aromatic ring is 2. The van der Waals surface area contributed by atoms with Gasteiger partial charge in [-0.3, -0.25) is 9.59 Å². The summed E-state index contributed by atoms with van der Waals surface area (Å²) in [5, 5.41) is 0. The van der Waals surface area contributed by atoms with Crippen molar-refractivity contribution < 1.29 is 91.5 Å². The number of ether oxygens (including phenoxy) is 6. The zero-order chi connectivity index (χ0) is 57.9. The second-order valence-electron chi connectivity index (χ2n) is 17.4. The molecule has 0 amide bonds. The molecule has 416 valence electrons. The summed E-state index contributed by atoms with van der Waals surface area (Å²) in [5.74, 6) is -12.1. The van der Waals surface area contributed by atoms with Gasteiger partial charge in [-0.15, -0.1) is 0 Å². The predicted molar refractivity (Wildman–Crippen MR) is 272 cm³/mol. The molecule has 6 aromatic carbocycles. The van der Waals surface area contributed by atoms with Gasteiger partial charge in [0.15, 0.2) is 34.6 Å². The Hall–Kier alpha value is -8.82. The molecule has 0 saturated carbocycles. The van der Waals surface area contributed by atoms with Gasteiger partial charge >= 0.3 is 36.1 Å². The van der Waals surface area contributed by atoms with Crippen LogP contribution in [0.1, 0.15) is 83.8 Å². The minimum absolute atomic E-state index is 0.000611. The van der Waals surface area contributed by atoms with Crippen LogP contribution in [0.3, 0.4) is 0 Å². The van der Waals surface area contributed by atoms with Gasteiger partial charge in [-0.1, -0.05) is 48.6 Å². The van der Waals surface area contributed by atoms with Crippen LogP contribution in [0.25, 0.3) is 23.3 Å². The summed E-state index contributed by atoms with van der Waals surface area (Å²) in [5.41, 5.74) is 15.5. The molecule has 79 heavy (non-hydrogen) atoms. The zero-order valence-electron chi connectivity index (χ0n) is 42.0. The molecule has 0 bridgehead atoms. The number of alkyl halides is 10. The molecule has 12 nitrogen and oxygen atoms in total. The maximum Gasteiger partial charge on any atom is 0.453 e. The summed E-state index contributed by atoms with van der Waals surface area (Å²) in [4.78, 5) is 53.9. The van der Waals surface area contributed by atoms with Crippen LogP contribution in [0.5, 0.6) is 34.5 Å². The predicted octanol–water partition coefficient (Wildman–Crippen LogP) is 13.8. The van der Waals surface area contributed by atoms with Crippen LogP contribution in [0.15, 0.2) is 127 Å². The fourth-order valence-corrected chi connectivity index (χ4v) is 7.48. The second-order valence-corrected chi connectivity index (χ2v) is 17.4. The van der Waals surface area contributed by atoms with Gasteiger partial charge in [-0.2, -0.15) is 43.9 Å². The normalized spacial score (nSPS) is 12.1. The molecule has 4 N–H and O–H groups in total. The first-order valence-corrected chi connectivity index (χ1v) is 23.6. The number of anilines is 2. The molecule has 0 unspecified atom stereocenters. The van der Waals surface area contributed by atoms with E-state index in [1.165, 1.54) is 105 Å². The van der Waals surface area contributed by atoms with Gasteiger partial charge in [0, 0.05) is 35.3 Å². The molecular formula is C57H48F10N2O10. The molecule has 0 aromatic heterocycles. The van der Waals surface area contributed by atoms with E-state index in [1.807, 2.05) is 0 Å². The lowest BCUT2D eigenvalue weighted by Crippen LogP contribution is -2.36.